The molecule has 1 atom stereocenters. The zero-order valence-corrected chi connectivity index (χ0v) is 8.95. The second-order valence-corrected chi connectivity index (χ2v) is 3.08. The molecular formula is C8H16ClN3O2. The molecule has 1 saturated heterocycles. The van der Waals surface area contributed by atoms with Gasteiger partial charge in [0, 0.05) is 13.6 Å². The highest BCUT2D eigenvalue weighted by molar-refractivity contribution is 5.86. The second kappa shape index (κ2) is 6.62. The Bertz CT molecular complexity index is 205. The molecule has 1 heterocycles. The predicted molar refractivity (Wildman–Crippen MR) is 55.3 cm³/mol. The van der Waals surface area contributed by atoms with Gasteiger partial charge < -0.3 is 16.0 Å². The molecule has 0 spiro atoms. The van der Waals surface area contributed by atoms with E-state index in [9.17, 15) is 9.59 Å². The topological polar surface area (TPSA) is 70.2 Å². The van der Waals surface area contributed by atoms with Crippen LogP contribution >= 0.6 is 12.4 Å². The third-order valence-electron chi connectivity index (χ3n) is 2.13. The summed E-state index contributed by atoms with van der Waals surface area (Å²) in [6.45, 7) is 1.68. The van der Waals surface area contributed by atoms with Crippen LogP contribution in [0.2, 0.25) is 0 Å². The van der Waals surface area contributed by atoms with E-state index in [-0.39, 0.29) is 36.7 Å². The normalized spacial score (nSPS) is 19.6. The molecule has 82 valence electrons. The molecule has 0 saturated carbocycles. The SMILES string of the molecule is CNC(=O)CNC(=O)[C@@H]1CCNC1.Cl. The Balaban J connectivity index is 0.00000169. The number of nitrogens with one attached hydrogen (secondary N) is 3. The Kier molecular flexibility index (Phi) is 6.23. The molecule has 0 aromatic carbocycles. The molecule has 5 nitrogen and oxygen atoms in total. The van der Waals surface area contributed by atoms with Crippen LogP contribution < -0.4 is 16.0 Å². The van der Waals surface area contributed by atoms with Crippen LogP contribution in [-0.2, 0) is 9.59 Å². The van der Waals surface area contributed by atoms with Crippen molar-refractivity contribution in [2.45, 2.75) is 6.42 Å². The summed E-state index contributed by atoms with van der Waals surface area (Å²) in [4.78, 5) is 22.1. The van der Waals surface area contributed by atoms with E-state index in [1.54, 1.807) is 7.05 Å². The van der Waals surface area contributed by atoms with Gasteiger partial charge >= 0.3 is 0 Å². The maximum atomic E-state index is 11.3. The van der Waals surface area contributed by atoms with E-state index in [1.165, 1.54) is 0 Å². The molecule has 0 aromatic rings. The van der Waals surface area contributed by atoms with Crippen molar-refractivity contribution in [1.82, 2.24) is 16.0 Å². The maximum absolute atomic E-state index is 11.3. The quantitative estimate of drug-likeness (QED) is 0.566. The summed E-state index contributed by atoms with van der Waals surface area (Å²) in [6, 6.07) is 0. The summed E-state index contributed by atoms with van der Waals surface area (Å²) >= 11 is 0. The van der Waals surface area contributed by atoms with Gasteiger partial charge in [-0.3, -0.25) is 9.59 Å². The van der Waals surface area contributed by atoms with Crippen LogP contribution in [0.5, 0.6) is 0 Å². The van der Waals surface area contributed by atoms with Crippen molar-refractivity contribution in [3.05, 3.63) is 0 Å². The van der Waals surface area contributed by atoms with Crippen molar-refractivity contribution in [2.24, 2.45) is 5.92 Å². The number of halogens is 1. The monoisotopic (exact) mass is 221 g/mol. The van der Waals surface area contributed by atoms with E-state index in [2.05, 4.69) is 16.0 Å². The first-order chi connectivity index (χ1) is 6.24. The fourth-order valence-corrected chi connectivity index (χ4v) is 1.28. The number of rotatable bonds is 3. The molecule has 0 aromatic heterocycles. The highest BCUT2D eigenvalue weighted by atomic mass is 35.5. The standard InChI is InChI=1S/C8H15N3O2.ClH/c1-9-7(12)5-11-8(13)6-2-3-10-4-6;/h6,10H,2-5H2,1H3,(H,9,12)(H,11,13);1H/t6-;/m1./s1. The molecular weight excluding hydrogens is 206 g/mol. The lowest BCUT2D eigenvalue weighted by molar-refractivity contribution is -0.128. The van der Waals surface area contributed by atoms with Crippen LogP contribution in [0.25, 0.3) is 0 Å². The number of carbonyl (C=O) groups excluding carboxylic acids is 2. The number of likely N-dealkylation sites (N-methyl/N-ethyl adjacent to an activating group) is 1. The number of hydrogen-bond donors (Lipinski definition) is 3. The minimum atomic E-state index is -0.167. The molecule has 1 fully saturated rings. The molecule has 3 N–H and O–H groups in total. The van der Waals surface area contributed by atoms with Gasteiger partial charge in [-0.2, -0.15) is 0 Å². The predicted octanol–water partition coefficient (Wildman–Crippen LogP) is -1.12. The van der Waals surface area contributed by atoms with E-state index < -0.39 is 0 Å². The number of hydrogen-bond acceptors (Lipinski definition) is 3. The van der Waals surface area contributed by atoms with Crippen molar-refractivity contribution in [3.8, 4) is 0 Å². The summed E-state index contributed by atoms with van der Waals surface area (Å²) in [5.41, 5.74) is 0. The molecule has 1 aliphatic heterocycles. The van der Waals surface area contributed by atoms with E-state index in [1.807, 2.05) is 0 Å². The Hall–Kier alpha value is -0.810. The molecule has 0 radical (unpaired) electrons. The number of amides is 2. The van der Waals surface area contributed by atoms with Gasteiger partial charge in [-0.1, -0.05) is 0 Å². The fourth-order valence-electron chi connectivity index (χ4n) is 1.28. The lowest BCUT2D eigenvalue weighted by atomic mass is 10.1. The second-order valence-electron chi connectivity index (χ2n) is 3.08. The van der Waals surface area contributed by atoms with Crippen LogP contribution in [0.4, 0.5) is 0 Å². The van der Waals surface area contributed by atoms with E-state index >= 15 is 0 Å². The van der Waals surface area contributed by atoms with Crippen LogP contribution in [-0.4, -0.2) is 38.5 Å². The lowest BCUT2D eigenvalue weighted by Crippen LogP contribution is -2.38. The molecule has 1 rings (SSSR count). The van der Waals surface area contributed by atoms with E-state index in [4.69, 9.17) is 0 Å². The van der Waals surface area contributed by atoms with Crippen LogP contribution in [0.1, 0.15) is 6.42 Å². The van der Waals surface area contributed by atoms with E-state index in [0.29, 0.717) is 0 Å². The molecule has 14 heavy (non-hydrogen) atoms. The van der Waals surface area contributed by atoms with Crippen molar-refractivity contribution in [3.63, 3.8) is 0 Å². The molecule has 2 amide bonds. The molecule has 0 unspecified atom stereocenters. The van der Waals surface area contributed by atoms with Gasteiger partial charge in [0.05, 0.1) is 12.5 Å². The first-order valence-electron chi connectivity index (χ1n) is 4.43. The van der Waals surface area contributed by atoms with Crippen LogP contribution in [0.15, 0.2) is 0 Å². The summed E-state index contributed by atoms with van der Waals surface area (Å²) in [5.74, 6) is -0.169. The van der Waals surface area contributed by atoms with Gasteiger partial charge in [0.1, 0.15) is 0 Å². The van der Waals surface area contributed by atoms with Crippen molar-refractivity contribution in [2.75, 3.05) is 26.7 Å². The fraction of sp³-hybridized carbons (Fsp3) is 0.750. The van der Waals surface area contributed by atoms with Crippen molar-refractivity contribution in [1.29, 1.82) is 0 Å². The third kappa shape index (κ3) is 3.93. The third-order valence-corrected chi connectivity index (χ3v) is 2.13. The Morgan fingerprint density at radius 3 is 2.71 bits per heavy atom. The average Bonchev–Trinajstić information content (AvgIpc) is 2.66. The Labute approximate surface area is 89.4 Å². The number of carbonyl (C=O) groups is 2. The van der Waals surface area contributed by atoms with E-state index in [0.717, 1.165) is 19.5 Å². The molecule has 0 bridgehead atoms. The van der Waals surface area contributed by atoms with Gasteiger partial charge in [-0.05, 0) is 13.0 Å². The Morgan fingerprint density at radius 2 is 2.21 bits per heavy atom. The first-order valence-corrected chi connectivity index (χ1v) is 4.43. The highest BCUT2D eigenvalue weighted by Crippen LogP contribution is 2.06. The van der Waals surface area contributed by atoms with Gasteiger partial charge in [-0.15, -0.1) is 12.4 Å². The van der Waals surface area contributed by atoms with Gasteiger partial charge in [0.2, 0.25) is 11.8 Å². The zero-order chi connectivity index (χ0) is 9.68. The minimum absolute atomic E-state index is 0. The summed E-state index contributed by atoms with van der Waals surface area (Å²) in [6.07, 6.45) is 0.861. The highest BCUT2D eigenvalue weighted by Gasteiger charge is 2.22. The van der Waals surface area contributed by atoms with Crippen LogP contribution in [0.3, 0.4) is 0 Å². The maximum Gasteiger partial charge on any atom is 0.239 e. The lowest BCUT2D eigenvalue weighted by Gasteiger charge is -2.08. The smallest absolute Gasteiger partial charge is 0.239 e. The molecule has 1 aliphatic rings. The van der Waals surface area contributed by atoms with Crippen LogP contribution in [0, 0.1) is 5.92 Å². The van der Waals surface area contributed by atoms with Crippen molar-refractivity contribution >= 4 is 24.2 Å². The minimum Gasteiger partial charge on any atom is -0.358 e. The summed E-state index contributed by atoms with van der Waals surface area (Å²) < 4.78 is 0. The van der Waals surface area contributed by atoms with Gasteiger partial charge in [0.15, 0.2) is 0 Å². The van der Waals surface area contributed by atoms with Gasteiger partial charge in [-0.25, -0.2) is 0 Å². The summed E-state index contributed by atoms with van der Waals surface area (Å²) in [7, 11) is 1.55. The largest absolute Gasteiger partial charge is 0.358 e. The van der Waals surface area contributed by atoms with Crippen molar-refractivity contribution < 1.29 is 9.59 Å². The average molecular weight is 222 g/mol. The molecule has 6 heteroatoms. The van der Waals surface area contributed by atoms with Gasteiger partial charge in [0.25, 0.3) is 0 Å². The summed E-state index contributed by atoms with van der Waals surface area (Å²) in [5, 5.41) is 8.12. The first kappa shape index (κ1) is 13.2. The molecule has 0 aliphatic carbocycles. The Morgan fingerprint density at radius 1 is 1.50 bits per heavy atom. The zero-order valence-electron chi connectivity index (χ0n) is 8.13.